The number of nitrogens with zero attached hydrogens (tertiary/aromatic N) is 3. The molecule has 2 aromatic rings. The van der Waals surface area contributed by atoms with Crippen molar-refractivity contribution < 1.29 is 4.74 Å². The summed E-state index contributed by atoms with van der Waals surface area (Å²) in [6.45, 7) is 5.29. The molecule has 4 nitrogen and oxygen atoms in total. The Morgan fingerprint density at radius 2 is 1.89 bits per heavy atom. The summed E-state index contributed by atoms with van der Waals surface area (Å²) in [7, 11) is 1.96. The van der Waals surface area contributed by atoms with E-state index >= 15 is 0 Å². The van der Waals surface area contributed by atoms with Crippen LogP contribution < -0.4 is 9.64 Å². The van der Waals surface area contributed by atoms with E-state index in [-0.39, 0.29) is 18.5 Å². The first-order valence-electron chi connectivity index (χ1n) is 9.50. The highest BCUT2D eigenvalue weighted by molar-refractivity contribution is 6.36. The van der Waals surface area contributed by atoms with Gasteiger partial charge in [0.25, 0.3) is 0 Å². The summed E-state index contributed by atoms with van der Waals surface area (Å²) in [6, 6.07) is 5.62. The summed E-state index contributed by atoms with van der Waals surface area (Å²) >= 11 is 12.5. The van der Waals surface area contributed by atoms with Crippen LogP contribution in [0.2, 0.25) is 10.0 Å². The van der Waals surface area contributed by atoms with Gasteiger partial charge in [0.2, 0.25) is 5.88 Å². The normalized spacial score (nSPS) is 13.5. The van der Waals surface area contributed by atoms with Crippen molar-refractivity contribution in [3.05, 3.63) is 33.8 Å². The summed E-state index contributed by atoms with van der Waals surface area (Å²) in [5, 5.41) is 6.06. The van der Waals surface area contributed by atoms with Gasteiger partial charge in [0.05, 0.1) is 16.3 Å². The summed E-state index contributed by atoms with van der Waals surface area (Å²) in [5.41, 5.74) is 2.13. The van der Waals surface area contributed by atoms with Crippen molar-refractivity contribution in [2.45, 2.75) is 58.5 Å². The lowest BCUT2D eigenvalue weighted by Crippen LogP contribution is -2.25. The monoisotopic (exact) mass is 431 g/mol. The highest BCUT2D eigenvalue weighted by Gasteiger charge is 2.29. The third-order valence-corrected chi connectivity index (χ3v) is 5.37. The molecule has 0 spiro atoms. The molecule has 1 aromatic heterocycles. The number of hydrogen-bond acceptors (Lipinski definition) is 3. The highest BCUT2D eigenvalue weighted by Crippen LogP contribution is 2.41. The second-order valence-corrected chi connectivity index (χ2v) is 7.74. The Morgan fingerprint density at radius 3 is 2.52 bits per heavy atom. The van der Waals surface area contributed by atoms with Crippen molar-refractivity contribution in [3.8, 4) is 5.88 Å². The maximum Gasteiger partial charge on any atom is 0.217 e. The summed E-state index contributed by atoms with van der Waals surface area (Å²) in [6.07, 6.45) is 6.65. The highest BCUT2D eigenvalue weighted by atomic mass is 35.5. The van der Waals surface area contributed by atoms with Crippen LogP contribution in [0.3, 0.4) is 0 Å². The van der Waals surface area contributed by atoms with Gasteiger partial charge in [-0.05, 0) is 43.9 Å². The quantitative estimate of drug-likeness (QED) is 0.495. The molecule has 27 heavy (non-hydrogen) atoms. The number of ether oxygens (including phenoxy) is 1. The molecule has 0 fully saturated rings. The Hall–Kier alpha value is -1.10. The van der Waals surface area contributed by atoms with Crippen LogP contribution in [-0.2, 0) is 13.5 Å². The molecule has 0 N–H and O–H groups in total. The zero-order valence-electron chi connectivity index (χ0n) is 16.2. The SMILES string of the molecule is CCCC(CCC)Oc1c2c(nn1C)N(c1ccc(Cl)cc1Cl)CCC2.Cl. The molecule has 3 rings (SSSR count). The van der Waals surface area contributed by atoms with Crippen LogP contribution in [0.4, 0.5) is 11.5 Å². The minimum Gasteiger partial charge on any atom is -0.474 e. The zero-order valence-corrected chi connectivity index (χ0v) is 18.5. The van der Waals surface area contributed by atoms with Crippen molar-refractivity contribution >= 4 is 47.1 Å². The van der Waals surface area contributed by atoms with E-state index in [4.69, 9.17) is 33.0 Å². The number of aryl methyl sites for hydroxylation is 1. The standard InChI is InChI=1S/C20H27Cl2N3O.ClH/c1-4-7-15(8-5-2)26-20-16-9-6-12-25(19(16)23-24(20)3)18-11-10-14(21)13-17(18)22;/h10-11,13,15H,4-9,12H2,1-3H3;1H. The minimum atomic E-state index is 0. The van der Waals surface area contributed by atoms with Crippen LogP contribution in [0.25, 0.3) is 0 Å². The Balaban J connectivity index is 0.00000261. The first-order valence-corrected chi connectivity index (χ1v) is 10.3. The largest absolute Gasteiger partial charge is 0.474 e. The molecule has 0 aliphatic carbocycles. The van der Waals surface area contributed by atoms with E-state index in [2.05, 4.69) is 18.7 Å². The Bertz CT molecular complexity index is 757. The number of benzene rings is 1. The molecule has 0 saturated carbocycles. The van der Waals surface area contributed by atoms with Crippen LogP contribution in [0.5, 0.6) is 5.88 Å². The third kappa shape index (κ3) is 4.85. The van der Waals surface area contributed by atoms with Crippen LogP contribution in [0, 0.1) is 0 Å². The maximum atomic E-state index is 6.45. The van der Waals surface area contributed by atoms with Gasteiger partial charge in [-0.3, -0.25) is 0 Å². The van der Waals surface area contributed by atoms with Crippen molar-refractivity contribution in [1.82, 2.24) is 9.78 Å². The van der Waals surface area contributed by atoms with Crippen LogP contribution >= 0.6 is 35.6 Å². The first-order chi connectivity index (χ1) is 12.5. The summed E-state index contributed by atoms with van der Waals surface area (Å²) in [4.78, 5) is 2.18. The molecule has 0 saturated heterocycles. The maximum absolute atomic E-state index is 6.45. The van der Waals surface area contributed by atoms with Gasteiger partial charge >= 0.3 is 0 Å². The number of halogens is 3. The molecule has 2 heterocycles. The van der Waals surface area contributed by atoms with Gasteiger partial charge in [0.1, 0.15) is 6.10 Å². The molecule has 7 heteroatoms. The predicted octanol–water partition coefficient (Wildman–Crippen LogP) is 6.58. The van der Waals surface area contributed by atoms with Gasteiger partial charge in [-0.25, -0.2) is 4.68 Å². The Labute approximate surface area is 178 Å². The molecule has 0 radical (unpaired) electrons. The number of hydrogen-bond donors (Lipinski definition) is 0. The predicted molar refractivity (Wildman–Crippen MR) is 116 cm³/mol. The molecule has 0 unspecified atom stereocenters. The van der Waals surface area contributed by atoms with Gasteiger partial charge in [-0.15, -0.1) is 12.4 Å². The number of anilines is 2. The lowest BCUT2D eigenvalue weighted by Gasteiger charge is -2.28. The minimum absolute atomic E-state index is 0. The van der Waals surface area contributed by atoms with E-state index in [0.29, 0.717) is 10.0 Å². The van der Waals surface area contributed by atoms with E-state index in [9.17, 15) is 0 Å². The molecule has 0 amide bonds. The fraction of sp³-hybridized carbons (Fsp3) is 0.550. The van der Waals surface area contributed by atoms with E-state index in [0.717, 1.165) is 62.5 Å². The average Bonchev–Trinajstić information content (AvgIpc) is 2.91. The number of aromatic nitrogens is 2. The Morgan fingerprint density at radius 1 is 1.19 bits per heavy atom. The van der Waals surface area contributed by atoms with Gasteiger partial charge < -0.3 is 9.64 Å². The van der Waals surface area contributed by atoms with E-state index in [1.165, 1.54) is 5.56 Å². The van der Waals surface area contributed by atoms with Crippen molar-refractivity contribution in [1.29, 1.82) is 0 Å². The van der Waals surface area contributed by atoms with Gasteiger partial charge in [0, 0.05) is 18.6 Å². The van der Waals surface area contributed by atoms with Crippen molar-refractivity contribution in [2.75, 3.05) is 11.4 Å². The number of fused-ring (bicyclic) bond motifs is 1. The van der Waals surface area contributed by atoms with Crippen molar-refractivity contribution in [3.63, 3.8) is 0 Å². The first kappa shape index (κ1) is 22.2. The fourth-order valence-electron chi connectivity index (χ4n) is 3.64. The topological polar surface area (TPSA) is 30.3 Å². The van der Waals surface area contributed by atoms with Crippen LogP contribution in [0.15, 0.2) is 18.2 Å². The molecule has 1 aliphatic heterocycles. The molecule has 1 aliphatic rings. The third-order valence-electron chi connectivity index (χ3n) is 4.83. The summed E-state index contributed by atoms with van der Waals surface area (Å²) in [5.74, 6) is 1.85. The molecule has 0 atom stereocenters. The van der Waals surface area contributed by atoms with Crippen LogP contribution in [-0.4, -0.2) is 22.4 Å². The molecular weight excluding hydrogens is 405 g/mol. The Kier molecular flexibility index (Phi) is 8.14. The summed E-state index contributed by atoms with van der Waals surface area (Å²) < 4.78 is 8.30. The molecule has 0 bridgehead atoms. The van der Waals surface area contributed by atoms with E-state index in [1.54, 1.807) is 6.07 Å². The second kappa shape index (κ2) is 9.90. The van der Waals surface area contributed by atoms with Gasteiger partial charge in [-0.1, -0.05) is 49.9 Å². The van der Waals surface area contributed by atoms with Gasteiger partial charge in [-0.2, -0.15) is 5.10 Å². The second-order valence-electron chi connectivity index (χ2n) is 6.90. The van der Waals surface area contributed by atoms with Crippen molar-refractivity contribution in [2.24, 2.45) is 7.05 Å². The van der Waals surface area contributed by atoms with Crippen LogP contribution in [0.1, 0.15) is 51.5 Å². The van der Waals surface area contributed by atoms with E-state index < -0.39 is 0 Å². The lowest BCUT2D eigenvalue weighted by atomic mass is 10.1. The lowest BCUT2D eigenvalue weighted by molar-refractivity contribution is 0.162. The smallest absolute Gasteiger partial charge is 0.217 e. The van der Waals surface area contributed by atoms with E-state index in [1.807, 2.05) is 23.9 Å². The molecule has 1 aromatic carbocycles. The molecule has 150 valence electrons. The average molecular weight is 433 g/mol. The zero-order chi connectivity index (χ0) is 18.7. The molecular formula is C20H28Cl3N3O. The number of rotatable bonds is 7. The fourth-order valence-corrected chi connectivity index (χ4v) is 4.15. The van der Waals surface area contributed by atoms with Gasteiger partial charge in [0.15, 0.2) is 5.82 Å².